The van der Waals surface area contributed by atoms with Gasteiger partial charge in [0.15, 0.2) is 9.84 Å². The molecule has 0 amide bonds. The summed E-state index contributed by atoms with van der Waals surface area (Å²) in [5.74, 6) is -0.297. The average molecular weight is 261 g/mol. The van der Waals surface area contributed by atoms with Gasteiger partial charge in [0, 0.05) is 12.6 Å². The van der Waals surface area contributed by atoms with E-state index in [1.54, 1.807) is 6.92 Å². The van der Waals surface area contributed by atoms with Gasteiger partial charge in [0.05, 0.1) is 16.9 Å². The minimum Gasteiger partial charge on any atom is -0.481 e. The molecule has 0 aliphatic carbocycles. The second-order valence-corrected chi connectivity index (χ2v) is 7.73. The molecule has 0 saturated carbocycles. The summed E-state index contributed by atoms with van der Waals surface area (Å²) in [6.07, 6.45) is 2.18. The molecule has 2 unspecified atom stereocenters. The normalized spacial score (nSPS) is 38.1. The lowest BCUT2D eigenvalue weighted by Crippen LogP contribution is -2.44. The number of carboxylic acids is 1. The van der Waals surface area contributed by atoms with E-state index in [0.717, 1.165) is 6.42 Å². The molecule has 0 aromatic carbocycles. The van der Waals surface area contributed by atoms with E-state index in [-0.39, 0.29) is 17.5 Å². The van der Waals surface area contributed by atoms with Crippen LogP contribution in [0.1, 0.15) is 26.2 Å². The van der Waals surface area contributed by atoms with Crippen molar-refractivity contribution in [2.24, 2.45) is 5.41 Å². The van der Waals surface area contributed by atoms with Gasteiger partial charge in [0.2, 0.25) is 0 Å². The number of rotatable bonds is 2. The SMILES string of the molecule is CC1(C(=O)O)CCN(C2CCCS(=O)(=O)C2)C1. The van der Waals surface area contributed by atoms with E-state index in [4.69, 9.17) is 5.11 Å². The summed E-state index contributed by atoms with van der Waals surface area (Å²) in [6.45, 7) is 2.91. The fourth-order valence-electron chi connectivity index (χ4n) is 2.77. The molecule has 2 heterocycles. The zero-order chi connectivity index (χ0) is 12.7. The topological polar surface area (TPSA) is 74.7 Å². The summed E-state index contributed by atoms with van der Waals surface area (Å²) in [7, 11) is -2.92. The zero-order valence-electron chi connectivity index (χ0n) is 10.1. The predicted molar refractivity (Wildman–Crippen MR) is 63.6 cm³/mol. The van der Waals surface area contributed by atoms with Crippen molar-refractivity contribution >= 4 is 15.8 Å². The van der Waals surface area contributed by atoms with Crippen LogP contribution in [0.5, 0.6) is 0 Å². The lowest BCUT2D eigenvalue weighted by Gasteiger charge is -2.31. The lowest BCUT2D eigenvalue weighted by molar-refractivity contribution is -0.147. The number of aliphatic carboxylic acids is 1. The number of nitrogens with zero attached hydrogens (tertiary/aromatic N) is 1. The van der Waals surface area contributed by atoms with Gasteiger partial charge in [-0.05, 0) is 32.7 Å². The van der Waals surface area contributed by atoms with Crippen LogP contribution in [0.2, 0.25) is 0 Å². The maximum atomic E-state index is 11.6. The summed E-state index contributed by atoms with van der Waals surface area (Å²) >= 11 is 0. The Morgan fingerprint density at radius 1 is 1.47 bits per heavy atom. The number of carboxylic acid groups (broad SMARTS) is 1. The Morgan fingerprint density at radius 3 is 2.71 bits per heavy atom. The van der Waals surface area contributed by atoms with Gasteiger partial charge in [-0.3, -0.25) is 9.69 Å². The Labute approximate surface area is 102 Å². The smallest absolute Gasteiger partial charge is 0.310 e. The van der Waals surface area contributed by atoms with Crippen molar-refractivity contribution in [2.45, 2.75) is 32.2 Å². The molecule has 0 radical (unpaired) electrons. The summed E-state index contributed by atoms with van der Waals surface area (Å²) in [4.78, 5) is 13.2. The molecule has 0 spiro atoms. The second kappa shape index (κ2) is 4.24. The Hall–Kier alpha value is -0.620. The molecule has 1 N–H and O–H groups in total. The molecule has 2 atom stereocenters. The summed E-state index contributed by atoms with van der Waals surface area (Å²) < 4.78 is 23.1. The third-order valence-corrected chi connectivity index (χ3v) is 5.78. The quantitative estimate of drug-likeness (QED) is 0.777. The van der Waals surface area contributed by atoms with E-state index >= 15 is 0 Å². The molecule has 2 saturated heterocycles. The van der Waals surface area contributed by atoms with E-state index in [0.29, 0.717) is 25.9 Å². The molecule has 6 heteroatoms. The molecular formula is C11H19NO4S. The number of sulfone groups is 1. The first-order valence-electron chi connectivity index (χ1n) is 6.00. The van der Waals surface area contributed by atoms with Crippen LogP contribution in [0.4, 0.5) is 0 Å². The standard InChI is InChI=1S/C11H19NO4S/c1-11(10(13)14)4-5-12(8-11)9-3-2-6-17(15,16)7-9/h9H,2-8H2,1H3,(H,13,14). The van der Waals surface area contributed by atoms with Crippen LogP contribution >= 0.6 is 0 Å². The molecule has 2 aliphatic heterocycles. The monoisotopic (exact) mass is 261 g/mol. The fraction of sp³-hybridized carbons (Fsp3) is 0.909. The van der Waals surface area contributed by atoms with Gasteiger partial charge in [-0.2, -0.15) is 0 Å². The highest BCUT2D eigenvalue weighted by Gasteiger charge is 2.43. The van der Waals surface area contributed by atoms with Gasteiger partial charge in [-0.1, -0.05) is 0 Å². The van der Waals surface area contributed by atoms with Gasteiger partial charge in [-0.25, -0.2) is 8.42 Å². The molecule has 5 nitrogen and oxygen atoms in total. The molecule has 2 fully saturated rings. The maximum Gasteiger partial charge on any atom is 0.310 e. The highest BCUT2D eigenvalue weighted by molar-refractivity contribution is 7.91. The van der Waals surface area contributed by atoms with Crippen LogP contribution in [-0.4, -0.2) is 55.0 Å². The summed E-state index contributed by atoms with van der Waals surface area (Å²) in [5.41, 5.74) is -0.707. The van der Waals surface area contributed by atoms with Crippen LogP contribution < -0.4 is 0 Å². The first-order valence-corrected chi connectivity index (χ1v) is 7.82. The second-order valence-electron chi connectivity index (χ2n) is 5.50. The number of hydrogen-bond acceptors (Lipinski definition) is 4. The molecule has 0 aromatic rings. The van der Waals surface area contributed by atoms with Crippen LogP contribution in [0.25, 0.3) is 0 Å². The van der Waals surface area contributed by atoms with Crippen molar-refractivity contribution in [1.29, 1.82) is 0 Å². The van der Waals surface area contributed by atoms with Crippen LogP contribution in [0, 0.1) is 5.41 Å². The first kappa shape index (κ1) is 12.8. The number of carbonyl (C=O) groups is 1. The van der Waals surface area contributed by atoms with E-state index < -0.39 is 21.2 Å². The van der Waals surface area contributed by atoms with Gasteiger partial charge >= 0.3 is 5.97 Å². The number of hydrogen-bond donors (Lipinski definition) is 1. The molecular weight excluding hydrogens is 242 g/mol. The van der Waals surface area contributed by atoms with E-state index in [1.807, 2.05) is 4.90 Å². The maximum absolute atomic E-state index is 11.6. The largest absolute Gasteiger partial charge is 0.481 e. The molecule has 17 heavy (non-hydrogen) atoms. The zero-order valence-corrected chi connectivity index (χ0v) is 10.9. The Kier molecular flexibility index (Phi) is 3.20. The minimum atomic E-state index is -2.92. The highest BCUT2D eigenvalue weighted by atomic mass is 32.2. The van der Waals surface area contributed by atoms with Crippen molar-refractivity contribution in [2.75, 3.05) is 24.6 Å². The van der Waals surface area contributed by atoms with Gasteiger partial charge in [-0.15, -0.1) is 0 Å². The van der Waals surface area contributed by atoms with Gasteiger partial charge in [0.25, 0.3) is 0 Å². The van der Waals surface area contributed by atoms with Crippen molar-refractivity contribution in [1.82, 2.24) is 4.90 Å². The summed E-state index contributed by atoms with van der Waals surface area (Å²) in [5, 5.41) is 9.15. The Balaban J connectivity index is 2.04. The van der Waals surface area contributed by atoms with Crippen molar-refractivity contribution in [3.8, 4) is 0 Å². The van der Waals surface area contributed by atoms with Crippen molar-refractivity contribution in [3.63, 3.8) is 0 Å². The molecule has 2 rings (SSSR count). The van der Waals surface area contributed by atoms with Crippen molar-refractivity contribution < 1.29 is 18.3 Å². The van der Waals surface area contributed by atoms with Crippen LogP contribution in [0.3, 0.4) is 0 Å². The van der Waals surface area contributed by atoms with E-state index in [9.17, 15) is 13.2 Å². The molecule has 2 aliphatic rings. The van der Waals surface area contributed by atoms with Crippen molar-refractivity contribution in [3.05, 3.63) is 0 Å². The van der Waals surface area contributed by atoms with Gasteiger partial charge in [0.1, 0.15) is 0 Å². The lowest BCUT2D eigenvalue weighted by atomic mass is 9.90. The highest BCUT2D eigenvalue weighted by Crippen LogP contribution is 2.33. The first-order chi connectivity index (χ1) is 7.82. The van der Waals surface area contributed by atoms with Crippen LogP contribution in [0.15, 0.2) is 0 Å². The average Bonchev–Trinajstić information content (AvgIpc) is 2.61. The Morgan fingerprint density at radius 2 is 2.18 bits per heavy atom. The van der Waals surface area contributed by atoms with Crippen LogP contribution in [-0.2, 0) is 14.6 Å². The molecule has 0 bridgehead atoms. The van der Waals surface area contributed by atoms with E-state index in [2.05, 4.69) is 0 Å². The Bertz CT molecular complexity index is 419. The predicted octanol–water partition coefficient (Wildman–Crippen LogP) is 0.360. The van der Waals surface area contributed by atoms with E-state index in [1.165, 1.54) is 0 Å². The van der Waals surface area contributed by atoms with Gasteiger partial charge < -0.3 is 5.11 Å². The third kappa shape index (κ3) is 2.63. The molecule has 0 aromatic heterocycles. The molecule has 98 valence electrons. The third-order valence-electron chi connectivity index (χ3n) is 3.97. The minimum absolute atomic E-state index is 0.0231. The number of likely N-dealkylation sites (tertiary alicyclic amines) is 1. The fourth-order valence-corrected chi connectivity index (χ4v) is 4.51. The summed E-state index contributed by atoms with van der Waals surface area (Å²) in [6, 6.07) is 0.0231.